The lowest BCUT2D eigenvalue weighted by molar-refractivity contribution is 0.0510. The molecule has 136 valence electrons. The van der Waals surface area contributed by atoms with Crippen molar-refractivity contribution in [2.45, 2.75) is 44.8 Å². The molecular weight excluding hydrogens is 344 g/mol. The maximum atomic E-state index is 12.4. The third-order valence-electron chi connectivity index (χ3n) is 3.58. The summed E-state index contributed by atoms with van der Waals surface area (Å²) in [5.41, 5.74) is 0.475. The van der Waals surface area contributed by atoms with Gasteiger partial charge in [-0.05, 0) is 25.0 Å². The van der Waals surface area contributed by atoms with Crippen LogP contribution in [0.15, 0.2) is 30.3 Å². The highest BCUT2D eigenvalue weighted by molar-refractivity contribution is 7.89. The van der Waals surface area contributed by atoms with E-state index in [4.69, 9.17) is 4.74 Å². The molecule has 0 saturated carbocycles. The second-order valence-corrected chi connectivity index (χ2v) is 9.15. The first kappa shape index (κ1) is 21.0. The summed E-state index contributed by atoms with van der Waals surface area (Å²) in [7, 11) is -2.15. The highest BCUT2D eigenvalue weighted by Crippen LogP contribution is 2.08. The van der Waals surface area contributed by atoms with Crippen molar-refractivity contribution in [1.29, 1.82) is 0 Å². The summed E-state index contributed by atoms with van der Waals surface area (Å²) in [5, 5.41) is -0.359. The minimum atomic E-state index is -1.13. The summed E-state index contributed by atoms with van der Waals surface area (Å²) >= 11 is 0. The van der Waals surface area contributed by atoms with E-state index in [0.717, 1.165) is 25.7 Å². The predicted octanol–water partition coefficient (Wildman–Crippen LogP) is 3.31. The number of hydrogen-bond acceptors (Lipinski definition) is 4. The Morgan fingerprint density at radius 2 is 1.67 bits per heavy atom. The number of benzene rings is 1. The summed E-state index contributed by atoms with van der Waals surface area (Å²) in [4.78, 5) is 12.0. The van der Waals surface area contributed by atoms with E-state index in [0.29, 0.717) is 22.8 Å². The van der Waals surface area contributed by atoms with Crippen LogP contribution in [-0.2, 0) is 26.3 Å². The molecule has 0 spiro atoms. The van der Waals surface area contributed by atoms with E-state index in [1.807, 2.05) is 13.0 Å². The Kier molecular flexibility index (Phi) is 10.8. The van der Waals surface area contributed by atoms with Gasteiger partial charge in [0.05, 0.1) is 10.8 Å². The molecule has 0 fully saturated rings. The lowest BCUT2D eigenvalue weighted by Gasteiger charge is -2.16. The van der Waals surface area contributed by atoms with E-state index in [2.05, 4.69) is 6.92 Å². The van der Waals surface area contributed by atoms with Crippen LogP contribution in [0.4, 0.5) is 0 Å². The molecule has 1 aromatic rings. The zero-order valence-corrected chi connectivity index (χ0v) is 16.2. The molecule has 24 heavy (non-hydrogen) atoms. The fraction of sp³-hybridized carbons (Fsp3) is 0.611. The normalized spacial score (nSPS) is 14.8. The van der Waals surface area contributed by atoms with Gasteiger partial charge in [-0.3, -0.25) is 8.42 Å². The summed E-state index contributed by atoms with van der Waals surface area (Å²) in [6.45, 7) is 4.15. The lowest BCUT2D eigenvalue weighted by atomic mass is 10.2. The van der Waals surface area contributed by atoms with Gasteiger partial charge < -0.3 is 4.74 Å². The molecule has 4 nitrogen and oxygen atoms in total. The zero-order valence-electron chi connectivity index (χ0n) is 14.6. The summed E-state index contributed by atoms with van der Waals surface area (Å²) in [6.07, 6.45) is 3.70. The lowest BCUT2D eigenvalue weighted by Crippen LogP contribution is -2.31. The monoisotopic (exact) mass is 372 g/mol. The Hall–Kier alpha value is -1.01. The molecule has 0 amide bonds. The quantitative estimate of drug-likeness (QED) is 0.528. The minimum Gasteiger partial charge on any atom is -0.461 e. The van der Waals surface area contributed by atoms with Gasteiger partial charge in [0.2, 0.25) is 0 Å². The first-order chi connectivity index (χ1) is 11.6. The number of carbonyl (C=O) groups is 1. The van der Waals surface area contributed by atoms with Crippen LogP contribution in [0.3, 0.4) is 0 Å². The average Bonchev–Trinajstić information content (AvgIpc) is 2.61. The van der Waals surface area contributed by atoms with Gasteiger partial charge in [-0.15, -0.1) is 0 Å². The Morgan fingerprint density at radius 1 is 1.04 bits per heavy atom. The molecule has 0 aliphatic carbocycles. The second kappa shape index (κ2) is 12.4. The fourth-order valence-corrected chi connectivity index (χ4v) is 5.55. The van der Waals surface area contributed by atoms with Crippen LogP contribution in [0.2, 0.25) is 0 Å². The molecule has 1 rings (SSSR count). The van der Waals surface area contributed by atoms with Gasteiger partial charge in [-0.1, -0.05) is 44.9 Å². The van der Waals surface area contributed by atoms with E-state index < -0.39 is 27.6 Å². The topological polar surface area (TPSA) is 60.4 Å². The van der Waals surface area contributed by atoms with E-state index >= 15 is 0 Å². The van der Waals surface area contributed by atoms with Crippen molar-refractivity contribution >= 4 is 27.6 Å². The third-order valence-corrected chi connectivity index (χ3v) is 7.04. The van der Waals surface area contributed by atoms with Gasteiger partial charge >= 0.3 is 5.97 Å². The van der Waals surface area contributed by atoms with Crippen LogP contribution in [0.5, 0.6) is 0 Å². The minimum absolute atomic E-state index is 0.0575. The van der Waals surface area contributed by atoms with Crippen molar-refractivity contribution in [2.24, 2.45) is 0 Å². The van der Waals surface area contributed by atoms with Crippen LogP contribution in [-0.4, -0.2) is 43.5 Å². The molecule has 0 aliphatic rings. The molecule has 0 unspecified atom stereocenters. The number of carbonyl (C=O) groups excluding carboxylic acids is 1. The first-order valence-corrected chi connectivity index (χ1v) is 11.4. The van der Waals surface area contributed by atoms with Crippen molar-refractivity contribution in [3.63, 3.8) is 0 Å². The molecule has 3 atom stereocenters. The SMILES string of the molecule is CCCC[S@](=O)C[C@H](COC(=O)c1ccccc1)[S@](=O)CCCC. The Labute approximate surface area is 150 Å². The number of esters is 1. The zero-order chi connectivity index (χ0) is 17.8. The van der Waals surface area contributed by atoms with Crippen LogP contribution in [0.1, 0.15) is 49.9 Å². The standard InChI is InChI=1S/C18H28O4S2/c1-3-5-12-23(20)15-17(24(21)13-6-4-2)14-22-18(19)16-10-8-7-9-11-16/h7-11,17H,3-6,12-15H2,1-2H3/t17-,23-,24+/m0/s1. The van der Waals surface area contributed by atoms with Gasteiger partial charge in [-0.25, -0.2) is 4.79 Å². The third kappa shape index (κ3) is 8.20. The van der Waals surface area contributed by atoms with E-state index in [1.54, 1.807) is 24.3 Å². The van der Waals surface area contributed by atoms with E-state index in [9.17, 15) is 13.2 Å². The van der Waals surface area contributed by atoms with Crippen LogP contribution >= 0.6 is 0 Å². The largest absolute Gasteiger partial charge is 0.461 e. The molecular formula is C18H28O4S2. The van der Waals surface area contributed by atoms with Crippen LogP contribution in [0.25, 0.3) is 0 Å². The van der Waals surface area contributed by atoms with Gasteiger partial charge in [0.25, 0.3) is 0 Å². The second-order valence-electron chi connectivity index (χ2n) is 5.69. The van der Waals surface area contributed by atoms with Crippen LogP contribution in [0, 0.1) is 0 Å². The van der Waals surface area contributed by atoms with Gasteiger partial charge in [0.1, 0.15) is 6.61 Å². The molecule has 0 aliphatic heterocycles. The van der Waals surface area contributed by atoms with Crippen molar-refractivity contribution in [2.75, 3.05) is 23.9 Å². The molecule has 0 saturated heterocycles. The predicted molar refractivity (Wildman–Crippen MR) is 101 cm³/mol. The summed E-state index contributed by atoms with van der Waals surface area (Å²) in [6, 6.07) is 8.74. The first-order valence-electron chi connectivity index (χ1n) is 8.52. The summed E-state index contributed by atoms with van der Waals surface area (Å²) < 4.78 is 29.9. The molecule has 0 radical (unpaired) electrons. The maximum absolute atomic E-state index is 12.4. The Balaban J connectivity index is 2.61. The molecule has 1 aromatic carbocycles. The Morgan fingerprint density at radius 3 is 2.29 bits per heavy atom. The van der Waals surface area contributed by atoms with Gasteiger partial charge in [-0.2, -0.15) is 0 Å². The van der Waals surface area contributed by atoms with Gasteiger partial charge in [0.15, 0.2) is 0 Å². The molecule has 6 heteroatoms. The molecule has 0 bridgehead atoms. The number of hydrogen-bond donors (Lipinski definition) is 0. The highest BCUT2D eigenvalue weighted by Gasteiger charge is 2.21. The number of rotatable bonds is 12. The molecule has 0 heterocycles. The molecule has 0 aromatic heterocycles. The summed E-state index contributed by atoms with van der Waals surface area (Å²) in [5.74, 6) is 1.09. The molecule has 0 N–H and O–H groups in total. The average molecular weight is 373 g/mol. The smallest absolute Gasteiger partial charge is 0.338 e. The number of unbranched alkanes of at least 4 members (excludes halogenated alkanes) is 2. The van der Waals surface area contributed by atoms with Crippen LogP contribution < -0.4 is 0 Å². The van der Waals surface area contributed by atoms with Crippen molar-refractivity contribution in [1.82, 2.24) is 0 Å². The van der Waals surface area contributed by atoms with E-state index in [-0.39, 0.29) is 11.9 Å². The van der Waals surface area contributed by atoms with Gasteiger partial charge in [0, 0.05) is 38.9 Å². The van der Waals surface area contributed by atoms with Crippen molar-refractivity contribution in [3.8, 4) is 0 Å². The van der Waals surface area contributed by atoms with Crippen molar-refractivity contribution < 1.29 is 17.9 Å². The Bertz CT molecular complexity index is 531. The highest BCUT2D eigenvalue weighted by atomic mass is 32.2. The number of ether oxygens (including phenoxy) is 1. The fourth-order valence-electron chi connectivity index (χ4n) is 2.08. The van der Waals surface area contributed by atoms with E-state index in [1.165, 1.54) is 0 Å². The van der Waals surface area contributed by atoms with Crippen molar-refractivity contribution in [3.05, 3.63) is 35.9 Å². The maximum Gasteiger partial charge on any atom is 0.338 e.